The Hall–Kier alpha value is -0.970. The molecule has 0 aliphatic carbocycles. The van der Waals surface area contributed by atoms with Crippen molar-refractivity contribution in [3.63, 3.8) is 0 Å². The first kappa shape index (κ1) is 9.58. The molecule has 0 saturated carbocycles. The molecule has 2 rings (SSSR count). The molecule has 74 valence electrons. The van der Waals surface area contributed by atoms with Crippen LogP contribution in [0.25, 0.3) is 0 Å². The average Bonchev–Trinajstić information content (AvgIpc) is 2.46. The monoisotopic (exact) mass is 255 g/mol. The van der Waals surface area contributed by atoms with E-state index in [-0.39, 0.29) is 10.7 Å². The summed E-state index contributed by atoms with van der Waals surface area (Å²) >= 11 is 3.44. The number of anilines is 1. The van der Waals surface area contributed by atoms with Gasteiger partial charge in [0.25, 0.3) is 0 Å². The van der Waals surface area contributed by atoms with Crippen molar-refractivity contribution in [2.45, 2.75) is 18.2 Å². The van der Waals surface area contributed by atoms with Gasteiger partial charge < -0.3 is 4.90 Å². The Morgan fingerprint density at radius 1 is 1.64 bits per heavy atom. The first-order valence-electron chi connectivity index (χ1n) is 4.39. The molecule has 0 aromatic carbocycles. The minimum Gasteiger partial charge on any atom is -0.308 e. The van der Waals surface area contributed by atoms with E-state index in [2.05, 4.69) is 25.9 Å². The number of hydrogen-bond acceptors (Lipinski definition) is 3. The molecule has 0 radical (unpaired) electrons. The summed E-state index contributed by atoms with van der Waals surface area (Å²) < 4.78 is 0. The number of rotatable bonds is 1. The summed E-state index contributed by atoms with van der Waals surface area (Å²) in [7, 11) is 0. The van der Waals surface area contributed by atoms with E-state index in [9.17, 15) is 4.79 Å². The molecule has 14 heavy (non-hydrogen) atoms. The number of nitrogens with zero attached hydrogens (tertiary/aromatic N) is 3. The Morgan fingerprint density at radius 3 is 3.00 bits per heavy atom. The van der Waals surface area contributed by atoms with Gasteiger partial charge in [-0.15, -0.1) is 0 Å². The summed E-state index contributed by atoms with van der Waals surface area (Å²) in [6.07, 6.45) is 3.73. The first-order valence-corrected chi connectivity index (χ1v) is 5.31. The summed E-state index contributed by atoms with van der Waals surface area (Å²) in [4.78, 5) is 21.5. The van der Waals surface area contributed by atoms with Crippen LogP contribution in [0.3, 0.4) is 0 Å². The molecule has 1 fully saturated rings. The van der Waals surface area contributed by atoms with Gasteiger partial charge in [-0.2, -0.15) is 0 Å². The minimum atomic E-state index is 0.129. The van der Waals surface area contributed by atoms with Crippen LogP contribution in [0, 0.1) is 6.92 Å². The van der Waals surface area contributed by atoms with Gasteiger partial charge in [0.1, 0.15) is 6.33 Å². The van der Waals surface area contributed by atoms with Crippen LogP contribution in [0.2, 0.25) is 0 Å². The molecule has 0 spiro atoms. The van der Waals surface area contributed by atoms with Crippen LogP contribution in [0.5, 0.6) is 0 Å². The molecule has 1 amide bonds. The van der Waals surface area contributed by atoms with Crippen molar-refractivity contribution in [3.8, 4) is 0 Å². The van der Waals surface area contributed by atoms with Gasteiger partial charge in [0.15, 0.2) is 0 Å². The molecule has 1 saturated heterocycles. The maximum atomic E-state index is 11.6. The standard InChI is InChI=1S/C9H10BrN3O/c1-6-8(3-11-5-12-6)13-4-7(10)2-9(13)14/h3,5,7H,2,4H2,1H3. The maximum Gasteiger partial charge on any atom is 0.228 e. The van der Waals surface area contributed by atoms with Gasteiger partial charge in [-0.3, -0.25) is 4.79 Å². The van der Waals surface area contributed by atoms with Crippen molar-refractivity contribution in [1.29, 1.82) is 0 Å². The normalized spacial score (nSPS) is 21.7. The predicted octanol–water partition coefficient (Wildman–Crippen LogP) is 1.29. The first-order chi connectivity index (χ1) is 6.68. The van der Waals surface area contributed by atoms with Crippen LogP contribution < -0.4 is 4.90 Å². The molecule has 1 unspecified atom stereocenters. The van der Waals surface area contributed by atoms with Gasteiger partial charge in [0, 0.05) is 17.8 Å². The fourth-order valence-corrected chi connectivity index (χ4v) is 2.11. The van der Waals surface area contributed by atoms with Crippen molar-refractivity contribution in [2.75, 3.05) is 11.4 Å². The van der Waals surface area contributed by atoms with Crippen LogP contribution in [0.15, 0.2) is 12.5 Å². The Kier molecular flexibility index (Phi) is 2.50. The van der Waals surface area contributed by atoms with Gasteiger partial charge in [-0.1, -0.05) is 15.9 Å². The zero-order valence-electron chi connectivity index (χ0n) is 7.77. The average molecular weight is 256 g/mol. The molecule has 1 aliphatic heterocycles. The van der Waals surface area contributed by atoms with Gasteiger partial charge in [-0.05, 0) is 6.92 Å². The van der Waals surface area contributed by atoms with E-state index in [1.807, 2.05) is 6.92 Å². The second-order valence-corrected chi connectivity index (χ2v) is 4.59. The quantitative estimate of drug-likeness (QED) is 0.711. The molecule has 1 aromatic heterocycles. The summed E-state index contributed by atoms with van der Waals surface area (Å²) in [6, 6.07) is 0. The third-order valence-electron chi connectivity index (χ3n) is 2.25. The van der Waals surface area contributed by atoms with E-state index < -0.39 is 0 Å². The van der Waals surface area contributed by atoms with Gasteiger partial charge in [-0.25, -0.2) is 9.97 Å². The van der Waals surface area contributed by atoms with E-state index in [0.717, 1.165) is 11.4 Å². The number of aryl methyl sites for hydroxylation is 1. The van der Waals surface area contributed by atoms with Gasteiger partial charge >= 0.3 is 0 Å². The Bertz CT molecular complexity index is 369. The number of aromatic nitrogens is 2. The van der Waals surface area contributed by atoms with Crippen LogP contribution in [-0.2, 0) is 4.79 Å². The van der Waals surface area contributed by atoms with E-state index in [1.54, 1.807) is 11.1 Å². The van der Waals surface area contributed by atoms with E-state index in [1.165, 1.54) is 6.33 Å². The van der Waals surface area contributed by atoms with Crippen molar-refractivity contribution in [1.82, 2.24) is 9.97 Å². The molecule has 2 heterocycles. The smallest absolute Gasteiger partial charge is 0.228 e. The van der Waals surface area contributed by atoms with Crippen molar-refractivity contribution in [3.05, 3.63) is 18.2 Å². The SMILES string of the molecule is Cc1ncncc1N1CC(Br)CC1=O. The zero-order valence-corrected chi connectivity index (χ0v) is 9.36. The third kappa shape index (κ3) is 1.64. The molecule has 4 nitrogen and oxygen atoms in total. The van der Waals surface area contributed by atoms with Crippen molar-refractivity contribution in [2.24, 2.45) is 0 Å². The topological polar surface area (TPSA) is 46.1 Å². The fraction of sp³-hybridized carbons (Fsp3) is 0.444. The number of alkyl halides is 1. The maximum absolute atomic E-state index is 11.6. The summed E-state index contributed by atoms with van der Waals surface area (Å²) in [5.74, 6) is 0.129. The lowest BCUT2D eigenvalue weighted by atomic mass is 10.3. The lowest BCUT2D eigenvalue weighted by molar-refractivity contribution is -0.117. The molecule has 1 aliphatic rings. The molecular weight excluding hydrogens is 246 g/mol. The summed E-state index contributed by atoms with van der Waals surface area (Å²) in [6.45, 7) is 2.58. The molecule has 1 atom stereocenters. The zero-order chi connectivity index (χ0) is 10.1. The highest BCUT2D eigenvalue weighted by Gasteiger charge is 2.29. The molecule has 0 N–H and O–H groups in total. The lowest BCUT2D eigenvalue weighted by Gasteiger charge is -2.16. The largest absolute Gasteiger partial charge is 0.308 e. The highest BCUT2D eigenvalue weighted by molar-refractivity contribution is 9.09. The van der Waals surface area contributed by atoms with Crippen molar-refractivity contribution < 1.29 is 4.79 Å². The Morgan fingerprint density at radius 2 is 2.43 bits per heavy atom. The number of hydrogen-bond donors (Lipinski definition) is 0. The van der Waals surface area contributed by atoms with E-state index in [0.29, 0.717) is 13.0 Å². The van der Waals surface area contributed by atoms with E-state index in [4.69, 9.17) is 0 Å². The second kappa shape index (κ2) is 3.65. The molecule has 1 aromatic rings. The van der Waals surface area contributed by atoms with Gasteiger partial charge in [0.05, 0.1) is 17.6 Å². The Labute approximate surface area is 90.5 Å². The molecule has 5 heteroatoms. The minimum absolute atomic E-state index is 0.129. The lowest BCUT2D eigenvalue weighted by Crippen LogP contribution is -2.25. The third-order valence-corrected chi connectivity index (χ3v) is 2.87. The van der Waals surface area contributed by atoms with Gasteiger partial charge in [0.2, 0.25) is 5.91 Å². The summed E-state index contributed by atoms with van der Waals surface area (Å²) in [5.41, 5.74) is 1.66. The highest BCUT2D eigenvalue weighted by atomic mass is 79.9. The number of carbonyl (C=O) groups is 1. The fourth-order valence-electron chi connectivity index (χ4n) is 1.55. The van der Waals surface area contributed by atoms with Crippen LogP contribution in [0.4, 0.5) is 5.69 Å². The molecular formula is C9H10BrN3O. The van der Waals surface area contributed by atoms with Crippen molar-refractivity contribution >= 4 is 27.5 Å². The molecule has 0 bridgehead atoms. The number of carbonyl (C=O) groups excluding carboxylic acids is 1. The number of amides is 1. The van der Waals surface area contributed by atoms with Crippen LogP contribution >= 0.6 is 15.9 Å². The highest BCUT2D eigenvalue weighted by Crippen LogP contribution is 2.25. The Balaban J connectivity index is 2.32. The predicted molar refractivity (Wildman–Crippen MR) is 56.5 cm³/mol. The van der Waals surface area contributed by atoms with Crippen LogP contribution in [-0.4, -0.2) is 27.2 Å². The second-order valence-electron chi connectivity index (χ2n) is 3.30. The van der Waals surface area contributed by atoms with Crippen LogP contribution in [0.1, 0.15) is 12.1 Å². The van der Waals surface area contributed by atoms with E-state index >= 15 is 0 Å². The number of halogens is 1. The summed E-state index contributed by atoms with van der Waals surface area (Å²) in [5, 5.41) is 0.